The zero-order chi connectivity index (χ0) is 13.5. The highest BCUT2D eigenvalue weighted by Gasteiger charge is 2.08. The van der Waals surface area contributed by atoms with Crippen LogP contribution < -0.4 is 4.74 Å². The Morgan fingerprint density at radius 3 is 2.42 bits per heavy atom. The van der Waals surface area contributed by atoms with Crippen LogP contribution in [0, 0.1) is 0 Å². The molecule has 0 radical (unpaired) electrons. The number of methoxy groups -OCH3 is 1. The van der Waals surface area contributed by atoms with Crippen LogP contribution in [0.25, 0.3) is 0 Å². The molecule has 0 fully saturated rings. The third-order valence-corrected chi connectivity index (χ3v) is 3.73. The van der Waals surface area contributed by atoms with Crippen LogP contribution in [0.3, 0.4) is 0 Å². The average Bonchev–Trinajstić information content (AvgIpc) is 2.48. The summed E-state index contributed by atoms with van der Waals surface area (Å²) in [4.78, 5) is 0. The second-order valence-corrected chi connectivity index (χ2v) is 5.11. The summed E-state index contributed by atoms with van der Waals surface area (Å²) in [5.41, 5.74) is 2.45. The van der Waals surface area contributed by atoms with Gasteiger partial charge in [-0.1, -0.05) is 48.5 Å². The molecule has 0 saturated carbocycles. The highest BCUT2D eigenvalue weighted by atomic mass is 35.5. The maximum absolute atomic E-state index is 6.41. The summed E-state index contributed by atoms with van der Waals surface area (Å²) in [6.45, 7) is 0. The van der Waals surface area contributed by atoms with Crippen molar-refractivity contribution in [2.75, 3.05) is 7.11 Å². The van der Waals surface area contributed by atoms with Crippen LogP contribution in [0.5, 0.6) is 5.75 Å². The Morgan fingerprint density at radius 2 is 1.68 bits per heavy atom. The van der Waals surface area contributed by atoms with Gasteiger partial charge in [-0.15, -0.1) is 11.6 Å². The van der Waals surface area contributed by atoms with Crippen molar-refractivity contribution in [1.29, 1.82) is 0 Å². The van der Waals surface area contributed by atoms with Gasteiger partial charge < -0.3 is 4.74 Å². The van der Waals surface area contributed by atoms with Gasteiger partial charge in [-0.2, -0.15) is 0 Å². The molecule has 1 atom stereocenters. The minimum Gasteiger partial charge on any atom is -0.496 e. The van der Waals surface area contributed by atoms with Crippen LogP contribution in [-0.4, -0.2) is 7.11 Å². The second-order valence-electron chi connectivity index (χ2n) is 4.58. The Kier molecular flexibility index (Phi) is 5.29. The van der Waals surface area contributed by atoms with Crippen LogP contribution in [0.15, 0.2) is 54.6 Å². The highest BCUT2D eigenvalue weighted by Crippen LogP contribution is 2.27. The quantitative estimate of drug-likeness (QED) is 0.674. The van der Waals surface area contributed by atoms with Crippen molar-refractivity contribution in [3.05, 3.63) is 65.7 Å². The van der Waals surface area contributed by atoms with Crippen molar-refractivity contribution in [2.45, 2.75) is 24.6 Å². The summed E-state index contributed by atoms with van der Waals surface area (Å²) in [6.07, 6.45) is 3.03. The zero-order valence-corrected chi connectivity index (χ0v) is 11.9. The van der Waals surface area contributed by atoms with Crippen molar-refractivity contribution in [1.82, 2.24) is 0 Å². The van der Waals surface area contributed by atoms with Gasteiger partial charge in [0.25, 0.3) is 0 Å². The van der Waals surface area contributed by atoms with E-state index in [0.29, 0.717) is 0 Å². The molecule has 0 N–H and O–H groups in total. The van der Waals surface area contributed by atoms with Crippen molar-refractivity contribution in [3.63, 3.8) is 0 Å². The molecular weight excluding hydrogens is 256 g/mol. The first-order chi connectivity index (χ1) is 9.31. The topological polar surface area (TPSA) is 9.23 Å². The SMILES string of the molecule is COc1ccccc1CCCC(Cl)c1ccccc1. The van der Waals surface area contributed by atoms with E-state index >= 15 is 0 Å². The lowest BCUT2D eigenvalue weighted by Gasteiger charge is -2.11. The monoisotopic (exact) mass is 274 g/mol. The molecular formula is C17H19ClO. The van der Waals surface area contributed by atoms with Crippen LogP contribution in [0.1, 0.15) is 29.3 Å². The predicted octanol–water partition coefficient (Wildman–Crippen LogP) is 5.00. The molecule has 0 aliphatic carbocycles. The molecule has 19 heavy (non-hydrogen) atoms. The van der Waals surface area contributed by atoms with Crippen LogP contribution in [0.4, 0.5) is 0 Å². The molecule has 1 nitrogen and oxygen atoms in total. The molecule has 1 unspecified atom stereocenters. The minimum absolute atomic E-state index is 0.0934. The van der Waals surface area contributed by atoms with E-state index in [1.165, 1.54) is 11.1 Å². The first kappa shape index (κ1) is 14.0. The lowest BCUT2D eigenvalue weighted by molar-refractivity contribution is 0.409. The maximum Gasteiger partial charge on any atom is 0.122 e. The first-order valence-electron chi connectivity index (χ1n) is 6.62. The van der Waals surface area contributed by atoms with E-state index in [4.69, 9.17) is 16.3 Å². The number of alkyl halides is 1. The number of aryl methyl sites for hydroxylation is 1. The average molecular weight is 275 g/mol. The zero-order valence-electron chi connectivity index (χ0n) is 11.2. The van der Waals surface area contributed by atoms with Gasteiger partial charge in [0.2, 0.25) is 0 Å². The molecule has 2 aromatic carbocycles. The van der Waals surface area contributed by atoms with E-state index in [1.54, 1.807) is 7.11 Å². The van der Waals surface area contributed by atoms with Gasteiger partial charge >= 0.3 is 0 Å². The standard InChI is InChI=1S/C17H19ClO/c1-19-17-13-6-5-10-15(17)11-7-12-16(18)14-8-3-2-4-9-14/h2-6,8-10,13,16H,7,11-12H2,1H3. The summed E-state index contributed by atoms with van der Waals surface area (Å²) < 4.78 is 5.35. The van der Waals surface area contributed by atoms with Gasteiger partial charge in [-0.25, -0.2) is 0 Å². The van der Waals surface area contributed by atoms with Crippen LogP contribution in [-0.2, 0) is 6.42 Å². The Morgan fingerprint density at radius 1 is 1.00 bits per heavy atom. The van der Waals surface area contributed by atoms with Crippen molar-refractivity contribution in [3.8, 4) is 5.75 Å². The van der Waals surface area contributed by atoms with E-state index in [1.807, 2.05) is 36.4 Å². The molecule has 0 aliphatic heterocycles. The molecule has 2 aromatic rings. The molecule has 0 aliphatic rings. The Bertz CT molecular complexity index is 496. The molecule has 0 saturated heterocycles. The van der Waals surface area contributed by atoms with Gasteiger partial charge in [0.05, 0.1) is 12.5 Å². The van der Waals surface area contributed by atoms with Crippen molar-refractivity contribution < 1.29 is 4.74 Å². The van der Waals surface area contributed by atoms with E-state index in [-0.39, 0.29) is 5.38 Å². The number of halogens is 1. The molecule has 0 amide bonds. The third-order valence-electron chi connectivity index (χ3n) is 3.26. The van der Waals surface area contributed by atoms with Gasteiger partial charge in [0.1, 0.15) is 5.75 Å². The Balaban J connectivity index is 1.87. The van der Waals surface area contributed by atoms with Crippen molar-refractivity contribution in [2.24, 2.45) is 0 Å². The third kappa shape index (κ3) is 4.00. The fourth-order valence-electron chi connectivity index (χ4n) is 2.21. The summed E-state index contributed by atoms with van der Waals surface area (Å²) >= 11 is 6.41. The Labute approximate surface area is 120 Å². The smallest absolute Gasteiger partial charge is 0.122 e. The number of hydrogen-bond donors (Lipinski definition) is 0. The molecule has 2 rings (SSSR count). The van der Waals surface area contributed by atoms with E-state index in [2.05, 4.69) is 18.2 Å². The summed E-state index contributed by atoms with van der Waals surface area (Å²) in [7, 11) is 1.72. The van der Waals surface area contributed by atoms with Crippen LogP contribution in [0.2, 0.25) is 0 Å². The van der Waals surface area contributed by atoms with Gasteiger partial charge in [-0.05, 0) is 36.5 Å². The highest BCUT2D eigenvalue weighted by molar-refractivity contribution is 6.20. The number of benzene rings is 2. The van der Waals surface area contributed by atoms with Crippen molar-refractivity contribution >= 4 is 11.6 Å². The van der Waals surface area contributed by atoms with E-state index in [9.17, 15) is 0 Å². The molecule has 0 aromatic heterocycles. The minimum atomic E-state index is 0.0934. The molecule has 0 heterocycles. The lowest BCUT2D eigenvalue weighted by atomic mass is 10.0. The predicted molar refractivity (Wildman–Crippen MR) is 81.0 cm³/mol. The molecule has 0 spiro atoms. The molecule has 0 bridgehead atoms. The lowest BCUT2D eigenvalue weighted by Crippen LogP contribution is -1.95. The van der Waals surface area contributed by atoms with Gasteiger partial charge in [0, 0.05) is 0 Å². The fourth-order valence-corrected chi connectivity index (χ4v) is 2.51. The number of hydrogen-bond acceptors (Lipinski definition) is 1. The number of para-hydroxylation sites is 1. The Hall–Kier alpha value is -1.47. The normalized spacial score (nSPS) is 12.1. The van der Waals surface area contributed by atoms with Gasteiger partial charge in [-0.3, -0.25) is 0 Å². The van der Waals surface area contributed by atoms with E-state index in [0.717, 1.165) is 25.0 Å². The first-order valence-corrected chi connectivity index (χ1v) is 7.06. The summed E-state index contributed by atoms with van der Waals surface area (Å²) in [5, 5.41) is 0.0934. The molecule has 2 heteroatoms. The van der Waals surface area contributed by atoms with Crippen LogP contribution >= 0.6 is 11.6 Å². The number of ether oxygens (including phenoxy) is 1. The maximum atomic E-state index is 6.41. The molecule has 100 valence electrons. The summed E-state index contributed by atoms with van der Waals surface area (Å²) in [5.74, 6) is 0.966. The summed E-state index contributed by atoms with van der Waals surface area (Å²) in [6, 6.07) is 18.4. The van der Waals surface area contributed by atoms with E-state index < -0.39 is 0 Å². The fraction of sp³-hybridized carbons (Fsp3) is 0.294. The second kappa shape index (κ2) is 7.20. The largest absolute Gasteiger partial charge is 0.496 e. The van der Waals surface area contributed by atoms with Gasteiger partial charge in [0.15, 0.2) is 0 Å². The number of rotatable bonds is 6.